The maximum atomic E-state index is 15.0. The normalized spacial score (nSPS) is 17.8. The third-order valence-corrected chi connectivity index (χ3v) is 7.37. The fourth-order valence-corrected chi connectivity index (χ4v) is 5.24. The zero-order valence-corrected chi connectivity index (χ0v) is 22.0. The number of carbonyl (C=O) groups excluding carboxylic acids is 4. The molecule has 0 N–H and O–H groups in total. The molecule has 1 aromatic heterocycles. The predicted octanol–water partition coefficient (Wildman–Crippen LogP) is 4.31. The van der Waals surface area contributed by atoms with E-state index in [0.29, 0.717) is 41.9 Å². The van der Waals surface area contributed by atoms with E-state index in [0.717, 1.165) is 21.1 Å². The van der Waals surface area contributed by atoms with Gasteiger partial charge < -0.3 is 14.4 Å². The minimum absolute atomic E-state index is 0.0340. The average molecular weight is 572 g/mol. The molecule has 1 aromatic carbocycles. The van der Waals surface area contributed by atoms with Gasteiger partial charge in [0.25, 0.3) is 11.8 Å². The summed E-state index contributed by atoms with van der Waals surface area (Å²) in [5.41, 5.74) is 0.320. The first kappa shape index (κ1) is 27.3. The zero-order chi connectivity index (χ0) is 26.5. The molecule has 9 nitrogen and oxygen atoms in total. The smallest absolute Gasteiger partial charge is 0.414 e. The van der Waals surface area contributed by atoms with Crippen LogP contribution in [0.25, 0.3) is 0 Å². The van der Waals surface area contributed by atoms with E-state index in [1.165, 1.54) is 23.1 Å². The van der Waals surface area contributed by atoms with E-state index in [9.17, 15) is 19.2 Å². The lowest BCUT2D eigenvalue weighted by atomic mass is 10.2. The Hall–Kier alpha value is -2.73. The monoisotopic (exact) mass is 571 g/mol. The standard InChI is InChI=1S/C24H24Cl2FN3O6S/c25-8-2-1-3-21(31)30(23(33)19-6-7-20(26)37-19)13-16-12-29(24(34)36-16)18-5-4-15(11-17(18)27)28-9-10-35-14-22(28)32/h4-7,11,16H,1-3,8-10,12-14H2/t16-/m1/s1. The Labute approximate surface area is 226 Å². The van der Waals surface area contributed by atoms with Crippen LogP contribution in [-0.2, 0) is 19.1 Å². The highest BCUT2D eigenvalue weighted by molar-refractivity contribution is 7.18. The quantitative estimate of drug-likeness (QED) is 0.329. The number of unbranched alkanes of at least 4 members (excludes halogenated alkanes) is 1. The van der Waals surface area contributed by atoms with Crippen molar-refractivity contribution in [1.29, 1.82) is 0 Å². The summed E-state index contributed by atoms with van der Waals surface area (Å²) in [6, 6.07) is 7.20. The van der Waals surface area contributed by atoms with Gasteiger partial charge in [0.2, 0.25) is 5.91 Å². The highest BCUT2D eigenvalue weighted by atomic mass is 35.5. The van der Waals surface area contributed by atoms with Gasteiger partial charge in [-0.05, 0) is 43.2 Å². The third kappa shape index (κ3) is 6.40. The van der Waals surface area contributed by atoms with Crippen molar-refractivity contribution in [2.24, 2.45) is 0 Å². The molecule has 0 radical (unpaired) electrons. The van der Waals surface area contributed by atoms with Crippen molar-refractivity contribution in [2.75, 3.05) is 48.5 Å². The molecular formula is C24H24Cl2FN3O6S. The molecule has 13 heteroatoms. The van der Waals surface area contributed by atoms with Gasteiger partial charge in [-0.25, -0.2) is 9.18 Å². The van der Waals surface area contributed by atoms with Crippen LogP contribution in [0.2, 0.25) is 4.34 Å². The van der Waals surface area contributed by atoms with E-state index in [1.807, 2.05) is 0 Å². The first-order valence-electron chi connectivity index (χ1n) is 11.6. The summed E-state index contributed by atoms with van der Waals surface area (Å²) >= 11 is 12.7. The first-order valence-corrected chi connectivity index (χ1v) is 13.3. The van der Waals surface area contributed by atoms with E-state index in [2.05, 4.69) is 0 Å². The second-order valence-electron chi connectivity index (χ2n) is 8.41. The lowest BCUT2D eigenvalue weighted by Crippen LogP contribution is -2.43. The van der Waals surface area contributed by atoms with Crippen LogP contribution >= 0.6 is 34.5 Å². The molecule has 2 aliphatic heterocycles. The summed E-state index contributed by atoms with van der Waals surface area (Å²) in [7, 11) is 0. The molecule has 3 heterocycles. The van der Waals surface area contributed by atoms with E-state index in [4.69, 9.17) is 32.7 Å². The number of nitrogens with zero attached hydrogens (tertiary/aromatic N) is 3. The van der Waals surface area contributed by atoms with Gasteiger partial charge in [0.05, 0.1) is 34.6 Å². The Kier molecular flexibility index (Phi) is 9.01. The number of imide groups is 1. The van der Waals surface area contributed by atoms with Crippen molar-refractivity contribution in [2.45, 2.75) is 25.4 Å². The van der Waals surface area contributed by atoms with Crippen LogP contribution in [0.4, 0.5) is 20.6 Å². The van der Waals surface area contributed by atoms with Crippen molar-refractivity contribution in [1.82, 2.24) is 4.90 Å². The Morgan fingerprint density at radius 2 is 1.97 bits per heavy atom. The van der Waals surface area contributed by atoms with Crippen LogP contribution in [0.1, 0.15) is 28.9 Å². The topological polar surface area (TPSA) is 96.5 Å². The van der Waals surface area contributed by atoms with Crippen molar-refractivity contribution < 1.29 is 33.0 Å². The van der Waals surface area contributed by atoms with Gasteiger partial charge in [-0.2, -0.15) is 0 Å². The Morgan fingerprint density at radius 1 is 1.16 bits per heavy atom. The number of carbonyl (C=O) groups is 4. The lowest BCUT2D eigenvalue weighted by molar-refractivity contribution is -0.129. The van der Waals surface area contributed by atoms with Crippen molar-refractivity contribution in [3.05, 3.63) is 45.4 Å². The number of benzene rings is 1. The fourth-order valence-electron chi connectivity index (χ4n) is 4.06. The summed E-state index contributed by atoms with van der Waals surface area (Å²) in [6.07, 6.45) is -0.475. The third-order valence-electron chi connectivity index (χ3n) is 5.88. The minimum atomic E-state index is -0.872. The highest BCUT2D eigenvalue weighted by Gasteiger charge is 2.37. The molecule has 2 aliphatic rings. The number of amides is 4. The van der Waals surface area contributed by atoms with E-state index >= 15 is 4.39 Å². The van der Waals surface area contributed by atoms with E-state index in [-0.39, 0.29) is 42.6 Å². The number of halogens is 3. The SMILES string of the molecule is O=C(CCCCCl)N(C[C@H]1CN(c2ccc(N3CCOCC3=O)cc2F)C(=O)O1)C(=O)c1ccc(Cl)s1. The summed E-state index contributed by atoms with van der Waals surface area (Å²) < 4.78 is 25.9. The Balaban J connectivity index is 1.48. The molecule has 37 heavy (non-hydrogen) atoms. The zero-order valence-electron chi connectivity index (χ0n) is 19.7. The van der Waals surface area contributed by atoms with Gasteiger partial charge in [0, 0.05) is 24.5 Å². The van der Waals surface area contributed by atoms with Crippen LogP contribution < -0.4 is 9.80 Å². The molecular weight excluding hydrogens is 548 g/mol. The van der Waals surface area contributed by atoms with Gasteiger partial charge >= 0.3 is 6.09 Å². The number of alkyl halides is 1. The van der Waals surface area contributed by atoms with Crippen LogP contribution in [0, 0.1) is 5.82 Å². The van der Waals surface area contributed by atoms with Gasteiger partial charge in [0.1, 0.15) is 18.5 Å². The fraction of sp³-hybridized carbons (Fsp3) is 0.417. The summed E-state index contributed by atoms with van der Waals surface area (Å²) in [5, 5.41) is 0. The van der Waals surface area contributed by atoms with E-state index < -0.39 is 29.8 Å². The van der Waals surface area contributed by atoms with Crippen molar-refractivity contribution in [3.63, 3.8) is 0 Å². The molecule has 0 unspecified atom stereocenters. The number of morpholine rings is 1. The maximum absolute atomic E-state index is 15.0. The van der Waals surface area contributed by atoms with Gasteiger partial charge in [-0.3, -0.25) is 24.2 Å². The number of hydrogen-bond donors (Lipinski definition) is 0. The first-order chi connectivity index (χ1) is 17.8. The Bertz CT molecular complexity index is 1190. The molecule has 0 spiro atoms. The molecule has 0 bridgehead atoms. The second-order valence-corrected chi connectivity index (χ2v) is 10.5. The Morgan fingerprint density at radius 3 is 2.65 bits per heavy atom. The average Bonchev–Trinajstić information content (AvgIpc) is 3.47. The molecule has 0 aliphatic carbocycles. The molecule has 4 rings (SSSR count). The van der Waals surface area contributed by atoms with Crippen molar-refractivity contribution >= 4 is 69.7 Å². The molecule has 0 saturated carbocycles. The number of anilines is 2. The number of rotatable bonds is 9. The number of thiophene rings is 1. The number of cyclic esters (lactones) is 1. The number of ether oxygens (including phenoxy) is 2. The molecule has 2 saturated heterocycles. The largest absolute Gasteiger partial charge is 0.442 e. The summed E-state index contributed by atoms with van der Waals surface area (Å²) in [4.78, 5) is 54.5. The molecule has 198 valence electrons. The molecule has 4 amide bonds. The maximum Gasteiger partial charge on any atom is 0.414 e. The van der Waals surface area contributed by atoms with Gasteiger partial charge in [-0.15, -0.1) is 22.9 Å². The van der Waals surface area contributed by atoms with E-state index in [1.54, 1.807) is 12.1 Å². The van der Waals surface area contributed by atoms with Crippen molar-refractivity contribution in [3.8, 4) is 0 Å². The summed E-state index contributed by atoms with van der Waals surface area (Å²) in [5.74, 6) is -1.59. The van der Waals surface area contributed by atoms with Gasteiger partial charge in [-0.1, -0.05) is 11.6 Å². The van der Waals surface area contributed by atoms with Crippen LogP contribution in [0.3, 0.4) is 0 Å². The minimum Gasteiger partial charge on any atom is -0.442 e. The lowest BCUT2D eigenvalue weighted by Gasteiger charge is -2.27. The van der Waals surface area contributed by atoms with Crippen LogP contribution in [0.5, 0.6) is 0 Å². The van der Waals surface area contributed by atoms with Crippen LogP contribution in [0.15, 0.2) is 30.3 Å². The highest BCUT2D eigenvalue weighted by Crippen LogP contribution is 2.30. The molecule has 1 atom stereocenters. The van der Waals surface area contributed by atoms with Gasteiger partial charge in [0.15, 0.2) is 0 Å². The predicted molar refractivity (Wildman–Crippen MR) is 137 cm³/mol. The molecule has 2 fully saturated rings. The summed E-state index contributed by atoms with van der Waals surface area (Å²) in [6.45, 7) is 0.283. The second kappa shape index (κ2) is 12.2. The number of hydrogen-bond acceptors (Lipinski definition) is 7. The van der Waals surface area contributed by atoms with Crippen LogP contribution in [-0.4, -0.2) is 73.5 Å². The molecule has 2 aromatic rings.